The van der Waals surface area contributed by atoms with E-state index in [0.717, 1.165) is 5.56 Å². The molecule has 1 rings (SSSR count). The number of benzene rings is 1. The zero-order chi connectivity index (χ0) is 9.19. The Kier molecular flexibility index (Phi) is 2.49. The number of aryl methyl sites for hydroxylation is 1. The fourth-order valence-corrected chi connectivity index (χ4v) is 1.61. The summed E-state index contributed by atoms with van der Waals surface area (Å²) in [5.41, 5.74) is 1.59. The highest BCUT2D eigenvalue weighted by atomic mass is 32.2. The van der Waals surface area contributed by atoms with Crippen LogP contribution in [0.25, 0.3) is 0 Å². The van der Waals surface area contributed by atoms with Gasteiger partial charge in [-0.05, 0) is 12.5 Å². The maximum Gasteiger partial charge on any atom is 0.269 e. The standard InChI is InChI=1S/C8H10O3S/c1-7-3-2-4-8(5-7)6-12(9,10)11/h2-5H,6H2,1H3,(H,9,10,11). The Morgan fingerprint density at radius 1 is 1.42 bits per heavy atom. The predicted molar refractivity (Wildman–Crippen MR) is 46.4 cm³/mol. The van der Waals surface area contributed by atoms with Crippen LogP contribution in [0, 0.1) is 6.92 Å². The average Bonchev–Trinajstić information content (AvgIpc) is 1.82. The Hall–Kier alpha value is -0.870. The maximum absolute atomic E-state index is 10.5. The van der Waals surface area contributed by atoms with Crippen LogP contribution >= 0.6 is 0 Å². The SMILES string of the molecule is Cc1cccc(CS(=O)(=O)O)c1. The summed E-state index contributed by atoms with van der Waals surface area (Å²) in [6.45, 7) is 1.87. The minimum absolute atomic E-state index is 0.311. The van der Waals surface area contributed by atoms with Crippen molar-refractivity contribution in [1.29, 1.82) is 0 Å². The Bertz CT molecular complexity index is 368. The number of hydrogen-bond donors (Lipinski definition) is 1. The van der Waals surface area contributed by atoms with Crippen molar-refractivity contribution in [3.63, 3.8) is 0 Å². The molecule has 1 aromatic rings. The molecule has 12 heavy (non-hydrogen) atoms. The van der Waals surface area contributed by atoms with Crippen molar-refractivity contribution in [3.05, 3.63) is 35.4 Å². The lowest BCUT2D eigenvalue weighted by molar-refractivity contribution is 0.482. The first kappa shape index (κ1) is 9.22. The van der Waals surface area contributed by atoms with E-state index in [-0.39, 0.29) is 5.75 Å². The largest absolute Gasteiger partial charge is 0.285 e. The molecule has 0 aromatic heterocycles. The topological polar surface area (TPSA) is 54.4 Å². The van der Waals surface area contributed by atoms with Crippen LogP contribution in [-0.4, -0.2) is 13.0 Å². The van der Waals surface area contributed by atoms with Crippen LogP contribution in [0.4, 0.5) is 0 Å². The van der Waals surface area contributed by atoms with E-state index < -0.39 is 10.1 Å². The van der Waals surface area contributed by atoms with E-state index >= 15 is 0 Å². The third kappa shape index (κ3) is 3.02. The van der Waals surface area contributed by atoms with Crippen LogP contribution in [0.1, 0.15) is 11.1 Å². The van der Waals surface area contributed by atoms with E-state index in [9.17, 15) is 8.42 Å². The van der Waals surface area contributed by atoms with Crippen molar-refractivity contribution in [1.82, 2.24) is 0 Å². The van der Waals surface area contributed by atoms with Gasteiger partial charge in [0.05, 0.1) is 0 Å². The zero-order valence-electron chi connectivity index (χ0n) is 6.69. The van der Waals surface area contributed by atoms with Crippen LogP contribution < -0.4 is 0 Å². The molecule has 1 aromatic carbocycles. The molecule has 0 atom stereocenters. The van der Waals surface area contributed by atoms with Crippen molar-refractivity contribution in [3.8, 4) is 0 Å². The zero-order valence-corrected chi connectivity index (χ0v) is 7.50. The third-order valence-electron chi connectivity index (χ3n) is 1.43. The summed E-state index contributed by atoms with van der Waals surface area (Å²) >= 11 is 0. The molecule has 0 aliphatic carbocycles. The summed E-state index contributed by atoms with van der Waals surface area (Å²) in [6, 6.07) is 7.03. The maximum atomic E-state index is 10.5. The van der Waals surface area contributed by atoms with Crippen molar-refractivity contribution in [2.45, 2.75) is 12.7 Å². The minimum atomic E-state index is -3.89. The van der Waals surface area contributed by atoms with Gasteiger partial charge in [-0.2, -0.15) is 8.42 Å². The van der Waals surface area contributed by atoms with E-state index in [4.69, 9.17) is 4.55 Å². The van der Waals surface area contributed by atoms with Crippen LogP contribution in [0.5, 0.6) is 0 Å². The first-order valence-electron chi connectivity index (χ1n) is 3.48. The summed E-state index contributed by atoms with van der Waals surface area (Å²) in [4.78, 5) is 0. The van der Waals surface area contributed by atoms with Gasteiger partial charge < -0.3 is 0 Å². The monoisotopic (exact) mass is 186 g/mol. The molecule has 0 spiro atoms. The van der Waals surface area contributed by atoms with Gasteiger partial charge in [-0.25, -0.2) is 0 Å². The van der Waals surface area contributed by atoms with Gasteiger partial charge >= 0.3 is 0 Å². The predicted octanol–water partition coefficient (Wildman–Crippen LogP) is 1.38. The Morgan fingerprint density at radius 2 is 2.08 bits per heavy atom. The van der Waals surface area contributed by atoms with E-state index in [1.54, 1.807) is 18.2 Å². The molecule has 0 fully saturated rings. The molecule has 0 heterocycles. The highest BCUT2D eigenvalue weighted by Crippen LogP contribution is 2.06. The quantitative estimate of drug-likeness (QED) is 0.710. The molecule has 1 N–H and O–H groups in total. The van der Waals surface area contributed by atoms with Crippen molar-refractivity contribution >= 4 is 10.1 Å². The van der Waals surface area contributed by atoms with Crippen molar-refractivity contribution < 1.29 is 13.0 Å². The van der Waals surface area contributed by atoms with E-state index in [2.05, 4.69) is 0 Å². The van der Waals surface area contributed by atoms with E-state index in [1.165, 1.54) is 0 Å². The second kappa shape index (κ2) is 3.25. The van der Waals surface area contributed by atoms with Gasteiger partial charge in [-0.15, -0.1) is 0 Å². The van der Waals surface area contributed by atoms with Gasteiger partial charge in [-0.1, -0.05) is 29.8 Å². The molecular weight excluding hydrogens is 176 g/mol. The second-order valence-corrected chi connectivity index (χ2v) is 4.17. The highest BCUT2D eigenvalue weighted by molar-refractivity contribution is 7.85. The first-order chi connectivity index (χ1) is 5.47. The lowest BCUT2D eigenvalue weighted by Crippen LogP contribution is -2.01. The molecular formula is C8H10O3S. The molecule has 0 amide bonds. The Labute approximate surface area is 71.8 Å². The summed E-state index contributed by atoms with van der Waals surface area (Å²) in [5, 5.41) is 0. The normalized spacial score (nSPS) is 11.5. The molecule has 0 radical (unpaired) electrons. The third-order valence-corrected chi connectivity index (χ3v) is 2.13. The van der Waals surface area contributed by atoms with Crippen molar-refractivity contribution in [2.24, 2.45) is 0 Å². The summed E-state index contributed by atoms with van der Waals surface area (Å²) in [7, 11) is -3.89. The summed E-state index contributed by atoms with van der Waals surface area (Å²) in [5.74, 6) is -0.311. The van der Waals surface area contributed by atoms with Crippen LogP contribution in [0.2, 0.25) is 0 Å². The van der Waals surface area contributed by atoms with Crippen molar-refractivity contribution in [2.75, 3.05) is 0 Å². The molecule has 4 heteroatoms. The Morgan fingerprint density at radius 3 is 2.58 bits per heavy atom. The fourth-order valence-electron chi connectivity index (χ4n) is 1.01. The molecule has 0 saturated heterocycles. The lowest BCUT2D eigenvalue weighted by Gasteiger charge is -1.98. The molecule has 0 aliphatic heterocycles. The number of rotatable bonds is 2. The molecule has 3 nitrogen and oxygen atoms in total. The molecule has 0 bridgehead atoms. The van der Waals surface area contributed by atoms with Gasteiger partial charge in [0.2, 0.25) is 0 Å². The van der Waals surface area contributed by atoms with E-state index in [1.807, 2.05) is 13.0 Å². The summed E-state index contributed by atoms with van der Waals surface area (Å²) < 4.78 is 29.5. The van der Waals surface area contributed by atoms with Gasteiger partial charge in [-0.3, -0.25) is 4.55 Å². The smallest absolute Gasteiger partial charge is 0.269 e. The second-order valence-electron chi connectivity index (χ2n) is 2.72. The van der Waals surface area contributed by atoms with Gasteiger partial charge in [0.15, 0.2) is 0 Å². The molecule has 0 unspecified atom stereocenters. The number of hydrogen-bond acceptors (Lipinski definition) is 2. The fraction of sp³-hybridized carbons (Fsp3) is 0.250. The molecule has 0 saturated carbocycles. The molecule has 0 aliphatic rings. The first-order valence-corrected chi connectivity index (χ1v) is 5.09. The lowest BCUT2D eigenvalue weighted by atomic mass is 10.2. The van der Waals surface area contributed by atoms with Crippen LogP contribution in [-0.2, 0) is 15.9 Å². The van der Waals surface area contributed by atoms with E-state index in [0.29, 0.717) is 5.56 Å². The highest BCUT2D eigenvalue weighted by Gasteiger charge is 2.05. The molecule has 66 valence electrons. The van der Waals surface area contributed by atoms with Crippen LogP contribution in [0.15, 0.2) is 24.3 Å². The average molecular weight is 186 g/mol. The van der Waals surface area contributed by atoms with Gasteiger partial charge in [0, 0.05) is 0 Å². The summed E-state index contributed by atoms with van der Waals surface area (Å²) in [6.07, 6.45) is 0. The van der Waals surface area contributed by atoms with Gasteiger partial charge in [0.1, 0.15) is 5.75 Å². The van der Waals surface area contributed by atoms with Crippen LogP contribution in [0.3, 0.4) is 0 Å². The Balaban J connectivity index is 2.91. The minimum Gasteiger partial charge on any atom is -0.285 e. The van der Waals surface area contributed by atoms with Gasteiger partial charge in [0.25, 0.3) is 10.1 Å².